The normalized spacial score (nSPS) is 11.2. The molecule has 4 rings (SSSR count). The minimum atomic E-state index is -3.88. The number of fused-ring (bicyclic) bond motifs is 1. The molecule has 0 aliphatic carbocycles. The number of hydrogen-bond donors (Lipinski definition) is 2. The largest absolute Gasteiger partial charge is 0.495 e. The molecule has 0 heterocycles. The molecule has 0 spiro atoms. The first kappa shape index (κ1) is 22.4. The Balaban J connectivity index is 1.56. The number of rotatable bonds is 7. The van der Waals surface area contributed by atoms with Crippen LogP contribution in [0.5, 0.6) is 5.75 Å². The van der Waals surface area contributed by atoms with Crippen molar-refractivity contribution in [3.63, 3.8) is 0 Å². The number of carbonyl (C=O) groups is 1. The summed E-state index contributed by atoms with van der Waals surface area (Å²) < 4.78 is 32.1. The van der Waals surface area contributed by atoms with E-state index in [0.717, 1.165) is 16.3 Å². The fourth-order valence-corrected chi connectivity index (χ4v) is 5.15. The Morgan fingerprint density at radius 3 is 2.33 bits per heavy atom. The molecule has 0 radical (unpaired) electrons. The lowest BCUT2D eigenvalue weighted by molar-refractivity contribution is -0.114. The molecule has 33 heavy (non-hydrogen) atoms. The summed E-state index contributed by atoms with van der Waals surface area (Å²) in [4.78, 5) is 12.7. The van der Waals surface area contributed by atoms with Gasteiger partial charge in [-0.25, -0.2) is 8.42 Å². The molecule has 0 saturated heterocycles. The zero-order valence-electron chi connectivity index (χ0n) is 18.3. The Morgan fingerprint density at radius 1 is 0.879 bits per heavy atom. The van der Waals surface area contributed by atoms with E-state index in [1.54, 1.807) is 42.5 Å². The van der Waals surface area contributed by atoms with Crippen LogP contribution >= 0.6 is 0 Å². The summed E-state index contributed by atoms with van der Waals surface area (Å²) in [6.07, 6.45) is 0. The van der Waals surface area contributed by atoms with Crippen molar-refractivity contribution in [2.45, 2.75) is 16.7 Å². The SMILES string of the molecule is COc1cccc(NCC(=O)Nc2ccc3ccccc3c2)c1S(=O)(=O)c1ccc(C)cc1. The molecule has 7 heteroatoms. The van der Waals surface area contributed by atoms with Gasteiger partial charge >= 0.3 is 0 Å². The quantitative estimate of drug-likeness (QED) is 0.404. The van der Waals surface area contributed by atoms with E-state index in [4.69, 9.17) is 4.74 Å². The molecule has 0 bridgehead atoms. The third-order valence-corrected chi connectivity index (χ3v) is 7.12. The smallest absolute Gasteiger partial charge is 0.243 e. The summed E-state index contributed by atoms with van der Waals surface area (Å²) in [6, 6.07) is 25.0. The van der Waals surface area contributed by atoms with Gasteiger partial charge in [0, 0.05) is 5.69 Å². The Hall–Kier alpha value is -3.84. The van der Waals surface area contributed by atoms with Crippen molar-refractivity contribution < 1.29 is 17.9 Å². The second-order valence-corrected chi connectivity index (χ2v) is 9.50. The highest BCUT2D eigenvalue weighted by atomic mass is 32.2. The van der Waals surface area contributed by atoms with Crippen LogP contribution in [0.1, 0.15) is 5.56 Å². The van der Waals surface area contributed by atoms with Gasteiger partial charge in [-0.1, -0.05) is 54.1 Å². The Morgan fingerprint density at radius 2 is 1.61 bits per heavy atom. The van der Waals surface area contributed by atoms with E-state index in [0.29, 0.717) is 11.4 Å². The van der Waals surface area contributed by atoms with Crippen LogP contribution in [0.3, 0.4) is 0 Å². The van der Waals surface area contributed by atoms with E-state index < -0.39 is 9.84 Å². The minimum absolute atomic E-state index is 0.00476. The highest BCUT2D eigenvalue weighted by Crippen LogP contribution is 2.35. The van der Waals surface area contributed by atoms with Crippen LogP contribution < -0.4 is 15.4 Å². The van der Waals surface area contributed by atoms with Crippen LogP contribution in [0, 0.1) is 6.92 Å². The lowest BCUT2D eigenvalue weighted by Crippen LogP contribution is -2.22. The average Bonchev–Trinajstić information content (AvgIpc) is 2.82. The maximum Gasteiger partial charge on any atom is 0.243 e. The van der Waals surface area contributed by atoms with Crippen LogP contribution in [-0.2, 0) is 14.6 Å². The molecule has 0 aliphatic heterocycles. The standard InChI is InChI=1S/C26H24N2O4S/c1-18-10-14-22(15-11-18)33(30,31)26-23(8-5-9-24(26)32-2)27-17-25(29)28-21-13-12-19-6-3-4-7-20(19)16-21/h3-16,27H,17H2,1-2H3,(H,28,29). The number of ether oxygens (including phenoxy) is 1. The summed E-state index contributed by atoms with van der Waals surface area (Å²) in [6.45, 7) is 1.77. The van der Waals surface area contributed by atoms with Crippen molar-refractivity contribution in [1.82, 2.24) is 0 Å². The van der Waals surface area contributed by atoms with Gasteiger partial charge in [0.1, 0.15) is 10.6 Å². The fourth-order valence-electron chi connectivity index (χ4n) is 3.58. The lowest BCUT2D eigenvalue weighted by Gasteiger charge is -2.16. The number of nitrogens with one attached hydrogen (secondary N) is 2. The number of anilines is 2. The minimum Gasteiger partial charge on any atom is -0.495 e. The van der Waals surface area contributed by atoms with Gasteiger partial charge in [0.05, 0.1) is 24.2 Å². The van der Waals surface area contributed by atoms with Crippen molar-refractivity contribution in [1.29, 1.82) is 0 Å². The number of hydrogen-bond acceptors (Lipinski definition) is 5. The first-order chi connectivity index (χ1) is 15.9. The first-order valence-corrected chi connectivity index (χ1v) is 11.9. The molecule has 4 aromatic rings. The van der Waals surface area contributed by atoms with Crippen LogP contribution in [0.4, 0.5) is 11.4 Å². The third kappa shape index (κ3) is 4.83. The van der Waals surface area contributed by atoms with E-state index in [-0.39, 0.29) is 28.0 Å². The Kier molecular flexibility index (Phi) is 6.33. The molecule has 1 amide bonds. The Labute approximate surface area is 193 Å². The maximum atomic E-state index is 13.4. The summed E-state index contributed by atoms with van der Waals surface area (Å²) in [5.41, 5.74) is 1.92. The number of amides is 1. The predicted octanol–water partition coefficient (Wildman–Crippen LogP) is 5.04. The highest BCUT2D eigenvalue weighted by molar-refractivity contribution is 7.91. The Bertz CT molecular complexity index is 1410. The molecule has 168 valence electrons. The van der Waals surface area contributed by atoms with Gasteiger partial charge in [-0.2, -0.15) is 0 Å². The van der Waals surface area contributed by atoms with Gasteiger partial charge in [0.25, 0.3) is 0 Å². The fraction of sp³-hybridized carbons (Fsp3) is 0.115. The van der Waals surface area contributed by atoms with Crippen LogP contribution in [0.15, 0.2) is 94.7 Å². The van der Waals surface area contributed by atoms with Crippen molar-refractivity contribution >= 4 is 37.9 Å². The second kappa shape index (κ2) is 9.34. The van der Waals surface area contributed by atoms with Gasteiger partial charge in [-0.15, -0.1) is 0 Å². The molecule has 0 aromatic heterocycles. The number of benzene rings is 4. The van der Waals surface area contributed by atoms with E-state index in [1.807, 2.05) is 49.4 Å². The second-order valence-electron chi connectivity index (χ2n) is 7.62. The van der Waals surface area contributed by atoms with Crippen molar-refractivity contribution in [2.75, 3.05) is 24.3 Å². The molecule has 0 unspecified atom stereocenters. The zero-order chi connectivity index (χ0) is 23.4. The van der Waals surface area contributed by atoms with Crippen LogP contribution in [0.25, 0.3) is 10.8 Å². The monoisotopic (exact) mass is 460 g/mol. The zero-order valence-corrected chi connectivity index (χ0v) is 19.1. The van der Waals surface area contributed by atoms with E-state index in [1.165, 1.54) is 7.11 Å². The molecule has 0 atom stereocenters. The number of carbonyl (C=O) groups excluding carboxylic acids is 1. The van der Waals surface area contributed by atoms with Gasteiger partial charge in [-0.05, 0) is 54.1 Å². The molecule has 0 aliphatic rings. The molecule has 0 saturated carbocycles. The third-order valence-electron chi connectivity index (χ3n) is 5.27. The number of aryl methyl sites for hydroxylation is 1. The predicted molar refractivity (Wildman–Crippen MR) is 131 cm³/mol. The topological polar surface area (TPSA) is 84.5 Å². The van der Waals surface area contributed by atoms with E-state index in [9.17, 15) is 13.2 Å². The summed E-state index contributed by atoms with van der Waals surface area (Å²) >= 11 is 0. The van der Waals surface area contributed by atoms with Crippen molar-refractivity contribution in [3.8, 4) is 5.75 Å². The highest BCUT2D eigenvalue weighted by Gasteiger charge is 2.26. The molecular weight excluding hydrogens is 436 g/mol. The van der Waals surface area contributed by atoms with Crippen molar-refractivity contribution in [3.05, 3.63) is 90.5 Å². The molecule has 4 aromatic carbocycles. The molecule has 0 fully saturated rings. The van der Waals surface area contributed by atoms with Gasteiger partial charge in [0.15, 0.2) is 0 Å². The number of sulfone groups is 1. The molecule has 2 N–H and O–H groups in total. The first-order valence-electron chi connectivity index (χ1n) is 10.4. The average molecular weight is 461 g/mol. The molecular formula is C26H24N2O4S. The number of methoxy groups -OCH3 is 1. The summed E-state index contributed by atoms with van der Waals surface area (Å²) in [5.74, 6) is -0.0951. The lowest BCUT2D eigenvalue weighted by atomic mass is 10.1. The van der Waals surface area contributed by atoms with E-state index in [2.05, 4.69) is 10.6 Å². The van der Waals surface area contributed by atoms with Crippen LogP contribution in [0.2, 0.25) is 0 Å². The van der Waals surface area contributed by atoms with Crippen LogP contribution in [-0.4, -0.2) is 28.0 Å². The van der Waals surface area contributed by atoms with E-state index >= 15 is 0 Å². The molecule has 6 nitrogen and oxygen atoms in total. The van der Waals surface area contributed by atoms with Crippen molar-refractivity contribution in [2.24, 2.45) is 0 Å². The summed E-state index contributed by atoms with van der Waals surface area (Å²) in [5, 5.41) is 7.90. The maximum absolute atomic E-state index is 13.4. The van der Waals surface area contributed by atoms with Gasteiger partial charge in [0.2, 0.25) is 15.7 Å². The summed E-state index contributed by atoms with van der Waals surface area (Å²) in [7, 11) is -2.46. The van der Waals surface area contributed by atoms with Gasteiger partial charge < -0.3 is 15.4 Å². The van der Waals surface area contributed by atoms with Gasteiger partial charge in [-0.3, -0.25) is 4.79 Å².